The van der Waals surface area contributed by atoms with Crippen molar-refractivity contribution in [2.75, 3.05) is 26.2 Å². The topological polar surface area (TPSA) is 114 Å². The molecule has 12 heteroatoms. The third kappa shape index (κ3) is 9.79. The van der Waals surface area contributed by atoms with E-state index in [1.54, 1.807) is 49.9 Å². The number of halogens is 1. The van der Waals surface area contributed by atoms with E-state index >= 15 is 0 Å². The number of nitrogens with one attached hydrogen (secondary N) is 1. The second-order valence-corrected chi connectivity index (χ2v) is 17.5. The Morgan fingerprint density at radius 1 is 0.827 bits per heavy atom. The van der Waals surface area contributed by atoms with Crippen molar-refractivity contribution in [1.29, 1.82) is 0 Å². The molecule has 3 atom stereocenters. The van der Waals surface area contributed by atoms with Gasteiger partial charge in [0.15, 0.2) is 0 Å². The van der Waals surface area contributed by atoms with Crippen LogP contribution in [0.2, 0.25) is 5.02 Å². The highest BCUT2D eigenvalue weighted by molar-refractivity contribution is 7.89. The van der Waals surface area contributed by atoms with E-state index in [2.05, 4.69) is 5.32 Å². The van der Waals surface area contributed by atoms with Crippen LogP contribution in [0.1, 0.15) is 72.1 Å². The average Bonchev–Trinajstić information content (AvgIpc) is 3.59. The molecule has 6 rings (SSSR count). The minimum Gasteiger partial charge on any atom is -0.493 e. The van der Waals surface area contributed by atoms with E-state index in [0.29, 0.717) is 48.4 Å². The van der Waals surface area contributed by atoms with Gasteiger partial charge >= 0.3 is 6.09 Å². The van der Waals surface area contributed by atoms with Crippen LogP contribution in [0.4, 0.5) is 4.79 Å². The summed E-state index contributed by atoms with van der Waals surface area (Å²) in [7, 11) is -4.05. The Balaban J connectivity index is 1.16. The second-order valence-electron chi connectivity index (χ2n) is 15.1. The van der Waals surface area contributed by atoms with Gasteiger partial charge < -0.3 is 24.4 Å². The molecule has 2 heterocycles. The Hall–Kier alpha value is -3.80. The zero-order valence-electron chi connectivity index (χ0n) is 30.3. The molecule has 1 saturated carbocycles. The number of nitrogens with zero attached hydrogens (tertiary/aromatic N) is 2. The molecule has 2 saturated heterocycles. The van der Waals surface area contributed by atoms with Gasteiger partial charge in [-0.3, -0.25) is 4.79 Å². The van der Waals surface area contributed by atoms with Crippen molar-refractivity contribution in [3.05, 3.63) is 77.8 Å². The summed E-state index contributed by atoms with van der Waals surface area (Å²) in [6.07, 6.45) is 6.22. The van der Waals surface area contributed by atoms with E-state index in [-0.39, 0.29) is 36.4 Å². The number of amides is 2. The Morgan fingerprint density at radius 3 is 2.12 bits per heavy atom. The number of carbonyl (C=O) groups is 2. The zero-order chi connectivity index (χ0) is 36.9. The fourth-order valence-corrected chi connectivity index (χ4v) is 9.00. The lowest BCUT2D eigenvalue weighted by atomic mass is 9.90. The van der Waals surface area contributed by atoms with E-state index in [4.69, 9.17) is 25.8 Å². The maximum atomic E-state index is 14.3. The SMILES string of the molecule is CC(C)(C)OC(=O)N[C@H]1CCN(C(=O)[C@H]2C[C@H](Oc3ccc(-c4ccc(Cl)cc4)cc3)CCN2S(=O)(=O)c2ccc(OCC3CCCCC3)cc2)C1. The monoisotopic (exact) mass is 751 g/mol. The highest BCUT2D eigenvalue weighted by Gasteiger charge is 2.44. The van der Waals surface area contributed by atoms with Crippen molar-refractivity contribution in [3.63, 3.8) is 0 Å². The number of benzene rings is 3. The van der Waals surface area contributed by atoms with Crippen LogP contribution in [0.5, 0.6) is 11.5 Å². The standard InChI is InChI=1S/C40H50ClN3O7S/c1-40(2,3)51-39(46)42-32-21-23-43(26-32)38(45)37-25-35(50-34-15-11-30(12-16-34)29-9-13-31(41)14-10-29)22-24-44(37)52(47,48)36-19-17-33(18-20-36)49-27-28-7-5-4-6-8-28/h9-20,28,32,35,37H,4-8,21-27H2,1-3H3,(H,42,46)/t32-,35+,37+/m0/s1. The van der Waals surface area contributed by atoms with Gasteiger partial charge in [-0.1, -0.05) is 55.1 Å². The first-order chi connectivity index (χ1) is 24.8. The molecule has 10 nitrogen and oxygen atoms in total. The molecule has 3 aromatic rings. The van der Waals surface area contributed by atoms with Crippen LogP contribution in [0.15, 0.2) is 77.7 Å². The number of alkyl carbamates (subject to hydrolysis) is 1. The lowest BCUT2D eigenvalue weighted by Crippen LogP contribution is -2.56. The lowest BCUT2D eigenvalue weighted by molar-refractivity contribution is -0.136. The maximum absolute atomic E-state index is 14.3. The van der Waals surface area contributed by atoms with Crippen LogP contribution in [0.25, 0.3) is 11.1 Å². The van der Waals surface area contributed by atoms with Crippen LogP contribution < -0.4 is 14.8 Å². The van der Waals surface area contributed by atoms with Crippen LogP contribution in [-0.2, 0) is 19.6 Å². The number of piperidine rings is 1. The summed E-state index contributed by atoms with van der Waals surface area (Å²) in [5.41, 5.74) is 1.38. The summed E-state index contributed by atoms with van der Waals surface area (Å²) in [6.45, 7) is 6.75. The highest BCUT2D eigenvalue weighted by atomic mass is 35.5. The molecule has 0 unspecified atom stereocenters. The Kier molecular flexibility index (Phi) is 12.0. The number of sulfonamides is 1. The summed E-state index contributed by atoms with van der Waals surface area (Å²) in [5, 5.41) is 3.52. The van der Waals surface area contributed by atoms with E-state index in [1.165, 1.54) is 23.6 Å². The molecule has 1 aliphatic carbocycles. The molecule has 2 aliphatic heterocycles. The normalized spacial score (nSPS) is 21.8. The Morgan fingerprint density at radius 2 is 1.46 bits per heavy atom. The quantitative estimate of drug-likeness (QED) is 0.226. The number of carbonyl (C=O) groups excluding carboxylic acids is 2. The fraction of sp³-hybridized carbons (Fsp3) is 0.500. The van der Waals surface area contributed by atoms with Gasteiger partial charge in [0.25, 0.3) is 0 Å². The van der Waals surface area contributed by atoms with Crippen molar-refractivity contribution < 1.29 is 32.2 Å². The molecule has 3 aromatic carbocycles. The first-order valence-electron chi connectivity index (χ1n) is 18.4. The molecule has 280 valence electrons. The molecule has 3 fully saturated rings. The van der Waals surface area contributed by atoms with Crippen molar-refractivity contribution in [2.45, 2.75) is 101 Å². The van der Waals surface area contributed by atoms with Crippen molar-refractivity contribution in [1.82, 2.24) is 14.5 Å². The maximum Gasteiger partial charge on any atom is 0.407 e. The Labute approximate surface area is 312 Å². The molecule has 0 radical (unpaired) electrons. The van der Waals surface area contributed by atoms with Gasteiger partial charge in [0.2, 0.25) is 15.9 Å². The van der Waals surface area contributed by atoms with Crippen LogP contribution in [-0.4, -0.2) is 79.7 Å². The summed E-state index contributed by atoms with van der Waals surface area (Å²) < 4.78 is 47.6. The summed E-state index contributed by atoms with van der Waals surface area (Å²) in [6, 6.07) is 20.5. The number of hydrogen-bond acceptors (Lipinski definition) is 7. The molecular weight excluding hydrogens is 702 g/mol. The van der Waals surface area contributed by atoms with Gasteiger partial charge in [0.1, 0.15) is 29.2 Å². The third-order valence-electron chi connectivity index (χ3n) is 9.99. The molecule has 52 heavy (non-hydrogen) atoms. The number of likely N-dealkylation sites (tertiary alicyclic amines) is 1. The molecule has 0 aromatic heterocycles. The van der Waals surface area contributed by atoms with Crippen molar-refractivity contribution >= 4 is 33.6 Å². The predicted molar refractivity (Wildman–Crippen MR) is 201 cm³/mol. The predicted octanol–water partition coefficient (Wildman–Crippen LogP) is 7.69. The van der Waals surface area contributed by atoms with E-state index in [1.807, 2.05) is 48.5 Å². The number of rotatable bonds is 10. The molecule has 2 amide bonds. The molecule has 0 spiro atoms. The van der Waals surface area contributed by atoms with Crippen LogP contribution in [0.3, 0.4) is 0 Å². The Bertz CT molecular complexity index is 1770. The minimum absolute atomic E-state index is 0.110. The summed E-state index contributed by atoms with van der Waals surface area (Å²) in [4.78, 5) is 28.5. The largest absolute Gasteiger partial charge is 0.493 e. The van der Waals surface area contributed by atoms with Gasteiger partial charge in [-0.2, -0.15) is 4.31 Å². The van der Waals surface area contributed by atoms with E-state index < -0.39 is 33.9 Å². The number of hydrogen-bond donors (Lipinski definition) is 1. The average molecular weight is 752 g/mol. The van der Waals surface area contributed by atoms with Gasteiger partial charge in [-0.05, 0) is 112 Å². The molecule has 0 bridgehead atoms. The smallest absolute Gasteiger partial charge is 0.407 e. The first kappa shape index (κ1) is 37.9. The lowest BCUT2D eigenvalue weighted by Gasteiger charge is -2.39. The van der Waals surface area contributed by atoms with Gasteiger partial charge in [-0.25, -0.2) is 13.2 Å². The van der Waals surface area contributed by atoms with E-state index in [9.17, 15) is 18.0 Å². The van der Waals surface area contributed by atoms with Crippen molar-refractivity contribution in [3.8, 4) is 22.6 Å². The van der Waals surface area contributed by atoms with E-state index in [0.717, 1.165) is 24.0 Å². The molecule has 1 N–H and O–H groups in total. The van der Waals surface area contributed by atoms with Gasteiger partial charge in [0.05, 0.1) is 17.5 Å². The minimum atomic E-state index is -4.05. The second kappa shape index (κ2) is 16.5. The van der Waals surface area contributed by atoms with Crippen LogP contribution >= 0.6 is 11.6 Å². The van der Waals surface area contributed by atoms with Crippen LogP contribution in [0, 0.1) is 5.92 Å². The van der Waals surface area contributed by atoms with Crippen molar-refractivity contribution in [2.24, 2.45) is 5.92 Å². The van der Waals surface area contributed by atoms with Gasteiger partial charge in [0, 0.05) is 31.1 Å². The number of ether oxygens (including phenoxy) is 3. The summed E-state index contributed by atoms with van der Waals surface area (Å²) >= 11 is 6.06. The zero-order valence-corrected chi connectivity index (χ0v) is 31.8. The van der Waals surface area contributed by atoms with Gasteiger partial charge in [-0.15, -0.1) is 0 Å². The third-order valence-corrected chi connectivity index (χ3v) is 12.2. The molecule has 3 aliphatic rings. The molecular formula is C40H50ClN3O7S. The fourth-order valence-electron chi connectivity index (χ4n) is 7.27. The first-order valence-corrected chi connectivity index (χ1v) is 20.2. The summed E-state index contributed by atoms with van der Waals surface area (Å²) in [5.74, 6) is 1.48. The highest BCUT2D eigenvalue weighted by Crippen LogP contribution is 2.32.